The number of rotatable bonds is 6. The zero-order valence-corrected chi connectivity index (χ0v) is 12.5. The van der Waals surface area contributed by atoms with Crippen LogP contribution in [0.15, 0.2) is 71.3 Å². The molecule has 112 valence electrons. The highest BCUT2D eigenvalue weighted by molar-refractivity contribution is 5.41. The van der Waals surface area contributed by atoms with E-state index in [0.717, 1.165) is 16.9 Å². The van der Waals surface area contributed by atoms with Gasteiger partial charge in [0.25, 0.3) is 0 Å². The van der Waals surface area contributed by atoms with Crippen LogP contribution in [0.4, 0.5) is 0 Å². The number of furan rings is 1. The molecule has 0 atom stereocenters. The topological polar surface area (TPSA) is 31.6 Å². The largest absolute Gasteiger partial charge is 0.482 e. The van der Waals surface area contributed by atoms with Gasteiger partial charge in [-0.25, -0.2) is 0 Å². The van der Waals surface area contributed by atoms with Gasteiger partial charge in [-0.2, -0.15) is 0 Å². The Balaban J connectivity index is 1.65. The van der Waals surface area contributed by atoms with E-state index in [-0.39, 0.29) is 0 Å². The van der Waals surface area contributed by atoms with Crippen molar-refractivity contribution in [1.29, 1.82) is 0 Å². The van der Waals surface area contributed by atoms with Crippen LogP contribution in [0.1, 0.15) is 16.9 Å². The number of hydrogen-bond acceptors (Lipinski definition) is 3. The number of aryl methyl sites for hydroxylation is 1. The first kappa shape index (κ1) is 14.3. The monoisotopic (exact) mass is 294 g/mol. The maximum Gasteiger partial charge on any atom is 0.203 e. The van der Waals surface area contributed by atoms with Crippen LogP contribution in [0, 0.1) is 6.92 Å². The zero-order chi connectivity index (χ0) is 15.2. The summed E-state index contributed by atoms with van der Waals surface area (Å²) in [6, 6.07) is 20.1. The summed E-state index contributed by atoms with van der Waals surface area (Å²) < 4.78 is 17.1. The van der Waals surface area contributed by atoms with Crippen LogP contribution in [-0.4, -0.2) is 0 Å². The van der Waals surface area contributed by atoms with Crippen molar-refractivity contribution in [3.8, 4) is 11.5 Å². The van der Waals surface area contributed by atoms with Crippen molar-refractivity contribution in [2.24, 2.45) is 0 Å². The van der Waals surface area contributed by atoms with Gasteiger partial charge in [0.15, 0.2) is 5.75 Å². The average molecular weight is 294 g/mol. The van der Waals surface area contributed by atoms with Gasteiger partial charge in [0.2, 0.25) is 5.75 Å². The van der Waals surface area contributed by atoms with Crippen LogP contribution in [-0.2, 0) is 13.2 Å². The molecule has 0 aliphatic heterocycles. The second kappa shape index (κ2) is 6.85. The van der Waals surface area contributed by atoms with Gasteiger partial charge in [-0.05, 0) is 18.1 Å². The van der Waals surface area contributed by atoms with Crippen LogP contribution in [0.5, 0.6) is 11.5 Å². The van der Waals surface area contributed by atoms with Gasteiger partial charge < -0.3 is 13.9 Å². The van der Waals surface area contributed by atoms with Crippen molar-refractivity contribution in [2.45, 2.75) is 20.1 Å². The van der Waals surface area contributed by atoms with Gasteiger partial charge in [-0.15, -0.1) is 0 Å². The summed E-state index contributed by atoms with van der Waals surface area (Å²) in [6.45, 7) is 2.85. The third-order valence-electron chi connectivity index (χ3n) is 3.35. The second-order valence-electron chi connectivity index (χ2n) is 5.03. The minimum Gasteiger partial charge on any atom is -0.482 e. The summed E-state index contributed by atoms with van der Waals surface area (Å²) in [6.07, 6.45) is 1.60. The molecule has 3 aromatic rings. The third-order valence-corrected chi connectivity index (χ3v) is 3.35. The summed E-state index contributed by atoms with van der Waals surface area (Å²) in [5, 5.41) is 0. The molecule has 0 unspecified atom stereocenters. The molecule has 0 amide bonds. The lowest BCUT2D eigenvalue weighted by molar-refractivity contribution is 0.257. The van der Waals surface area contributed by atoms with Crippen molar-refractivity contribution in [3.05, 3.63) is 83.8 Å². The lowest BCUT2D eigenvalue weighted by atomic mass is 10.2. The first-order chi connectivity index (χ1) is 10.8. The molecule has 3 heteroatoms. The first-order valence-corrected chi connectivity index (χ1v) is 7.24. The molecule has 0 saturated carbocycles. The Bertz CT molecular complexity index is 702. The van der Waals surface area contributed by atoms with Gasteiger partial charge in [0.1, 0.15) is 25.2 Å². The Hall–Kier alpha value is -2.68. The molecule has 0 bridgehead atoms. The highest BCUT2D eigenvalue weighted by atomic mass is 16.5. The van der Waals surface area contributed by atoms with E-state index in [4.69, 9.17) is 13.9 Å². The molecule has 22 heavy (non-hydrogen) atoms. The number of hydrogen-bond donors (Lipinski definition) is 0. The van der Waals surface area contributed by atoms with Gasteiger partial charge in [-0.3, -0.25) is 0 Å². The maximum atomic E-state index is 5.86. The Morgan fingerprint density at radius 2 is 1.32 bits per heavy atom. The Morgan fingerprint density at radius 3 is 1.91 bits per heavy atom. The first-order valence-electron chi connectivity index (χ1n) is 7.24. The summed E-state index contributed by atoms with van der Waals surface area (Å²) in [7, 11) is 0. The van der Waals surface area contributed by atoms with Crippen molar-refractivity contribution in [2.75, 3.05) is 0 Å². The second-order valence-corrected chi connectivity index (χ2v) is 5.03. The molecule has 0 saturated heterocycles. The van der Waals surface area contributed by atoms with E-state index in [9.17, 15) is 0 Å². The van der Waals surface area contributed by atoms with E-state index in [1.165, 1.54) is 0 Å². The molecule has 0 N–H and O–H groups in total. The van der Waals surface area contributed by atoms with Gasteiger partial charge in [0.05, 0.1) is 0 Å². The van der Waals surface area contributed by atoms with Crippen LogP contribution in [0.3, 0.4) is 0 Å². The predicted molar refractivity (Wildman–Crippen MR) is 85.0 cm³/mol. The van der Waals surface area contributed by atoms with E-state index >= 15 is 0 Å². The lowest BCUT2D eigenvalue weighted by Crippen LogP contribution is -1.99. The quantitative estimate of drug-likeness (QED) is 0.657. The SMILES string of the molecule is Cc1occ(OCc2ccccc2)c1OCc1ccccc1. The predicted octanol–water partition coefficient (Wildman–Crippen LogP) is 4.75. The van der Waals surface area contributed by atoms with Crippen molar-refractivity contribution < 1.29 is 13.9 Å². The molecule has 1 aromatic heterocycles. The van der Waals surface area contributed by atoms with Crippen LogP contribution >= 0.6 is 0 Å². The molecule has 0 aliphatic rings. The van der Waals surface area contributed by atoms with E-state index in [0.29, 0.717) is 24.7 Å². The van der Waals surface area contributed by atoms with Gasteiger partial charge in [-0.1, -0.05) is 60.7 Å². The van der Waals surface area contributed by atoms with E-state index < -0.39 is 0 Å². The number of ether oxygens (including phenoxy) is 2. The lowest BCUT2D eigenvalue weighted by Gasteiger charge is -2.09. The molecule has 0 aliphatic carbocycles. The smallest absolute Gasteiger partial charge is 0.203 e. The van der Waals surface area contributed by atoms with Crippen molar-refractivity contribution >= 4 is 0 Å². The van der Waals surface area contributed by atoms with E-state index in [1.54, 1.807) is 6.26 Å². The Morgan fingerprint density at radius 1 is 0.773 bits per heavy atom. The molecule has 1 heterocycles. The summed E-state index contributed by atoms with van der Waals surface area (Å²) in [5.74, 6) is 2.02. The molecule has 3 rings (SSSR count). The van der Waals surface area contributed by atoms with Crippen LogP contribution in [0.2, 0.25) is 0 Å². The van der Waals surface area contributed by atoms with Gasteiger partial charge in [0, 0.05) is 0 Å². The minimum absolute atomic E-state index is 0.488. The standard InChI is InChI=1S/C19H18O3/c1-15-19(22-13-17-10-6-3-7-11-17)18(14-20-15)21-12-16-8-4-2-5-9-16/h2-11,14H,12-13H2,1H3. The fourth-order valence-electron chi connectivity index (χ4n) is 2.16. The van der Waals surface area contributed by atoms with Crippen molar-refractivity contribution in [1.82, 2.24) is 0 Å². The summed E-state index contributed by atoms with van der Waals surface area (Å²) in [4.78, 5) is 0. The number of benzene rings is 2. The van der Waals surface area contributed by atoms with E-state index in [1.807, 2.05) is 67.6 Å². The summed E-state index contributed by atoms with van der Waals surface area (Å²) in [5.41, 5.74) is 2.22. The third kappa shape index (κ3) is 3.50. The molecule has 0 radical (unpaired) electrons. The fourth-order valence-corrected chi connectivity index (χ4v) is 2.16. The molecular formula is C19H18O3. The molecule has 0 spiro atoms. The minimum atomic E-state index is 0.488. The molecule has 3 nitrogen and oxygen atoms in total. The summed E-state index contributed by atoms with van der Waals surface area (Å²) >= 11 is 0. The molecule has 0 fully saturated rings. The average Bonchev–Trinajstić information content (AvgIpc) is 2.93. The fraction of sp³-hybridized carbons (Fsp3) is 0.158. The molecule has 2 aromatic carbocycles. The van der Waals surface area contributed by atoms with Crippen molar-refractivity contribution in [3.63, 3.8) is 0 Å². The highest BCUT2D eigenvalue weighted by Gasteiger charge is 2.13. The van der Waals surface area contributed by atoms with Gasteiger partial charge >= 0.3 is 0 Å². The Labute approximate surface area is 130 Å². The van der Waals surface area contributed by atoms with E-state index in [2.05, 4.69) is 0 Å². The Kier molecular flexibility index (Phi) is 4.44. The van der Waals surface area contributed by atoms with Crippen LogP contribution < -0.4 is 9.47 Å². The molecular weight excluding hydrogens is 276 g/mol. The maximum absolute atomic E-state index is 5.86. The zero-order valence-electron chi connectivity index (χ0n) is 12.5. The van der Waals surface area contributed by atoms with Crippen LogP contribution in [0.25, 0.3) is 0 Å². The highest BCUT2D eigenvalue weighted by Crippen LogP contribution is 2.34. The normalized spacial score (nSPS) is 10.4.